The van der Waals surface area contributed by atoms with Gasteiger partial charge < -0.3 is 14.6 Å². The molecule has 2 unspecified atom stereocenters. The number of nitrogens with one attached hydrogen (secondary N) is 1. The molecule has 0 bridgehead atoms. The zero-order valence-corrected chi connectivity index (χ0v) is 11.7. The van der Waals surface area contributed by atoms with Crippen molar-refractivity contribution in [3.63, 3.8) is 0 Å². The zero-order chi connectivity index (χ0) is 13.2. The molecule has 2 fully saturated rings. The first-order chi connectivity index (χ1) is 9.27. The maximum Gasteiger partial charge on any atom is 0.259 e. The van der Waals surface area contributed by atoms with Gasteiger partial charge in [-0.2, -0.15) is 0 Å². The van der Waals surface area contributed by atoms with Gasteiger partial charge in [0, 0.05) is 18.6 Å². The van der Waals surface area contributed by atoms with E-state index in [4.69, 9.17) is 16.0 Å². The fourth-order valence-electron chi connectivity index (χ4n) is 3.27. The van der Waals surface area contributed by atoms with Gasteiger partial charge in [0.15, 0.2) is 0 Å². The molecule has 4 nitrogen and oxygen atoms in total. The molecule has 0 aliphatic carbocycles. The summed E-state index contributed by atoms with van der Waals surface area (Å²) in [6.45, 7) is 1.89. The van der Waals surface area contributed by atoms with Crippen LogP contribution in [0.1, 0.15) is 42.5 Å². The van der Waals surface area contributed by atoms with E-state index in [1.54, 1.807) is 6.07 Å². The lowest BCUT2D eigenvalue weighted by Gasteiger charge is -2.39. The van der Waals surface area contributed by atoms with Crippen LogP contribution < -0.4 is 5.32 Å². The molecule has 0 radical (unpaired) electrons. The molecule has 3 heterocycles. The van der Waals surface area contributed by atoms with Gasteiger partial charge in [-0.15, -0.1) is 0 Å². The van der Waals surface area contributed by atoms with Gasteiger partial charge in [-0.3, -0.25) is 4.79 Å². The van der Waals surface area contributed by atoms with E-state index in [9.17, 15) is 4.79 Å². The molecule has 104 valence electrons. The summed E-state index contributed by atoms with van der Waals surface area (Å²) in [7, 11) is 0. The first-order valence-corrected chi connectivity index (χ1v) is 7.42. The Morgan fingerprint density at radius 2 is 2.26 bits per heavy atom. The Bertz CT molecular complexity index is 454. The van der Waals surface area contributed by atoms with Crippen LogP contribution in [0.5, 0.6) is 0 Å². The lowest BCUT2D eigenvalue weighted by molar-refractivity contribution is 0.0563. The van der Waals surface area contributed by atoms with Gasteiger partial charge in [-0.25, -0.2) is 0 Å². The van der Waals surface area contributed by atoms with Gasteiger partial charge in [0.2, 0.25) is 5.22 Å². The topological polar surface area (TPSA) is 45.5 Å². The van der Waals surface area contributed by atoms with Gasteiger partial charge >= 0.3 is 0 Å². The number of furan rings is 1. The summed E-state index contributed by atoms with van der Waals surface area (Å²) in [6.07, 6.45) is 7.20. The number of piperidine rings is 1. The van der Waals surface area contributed by atoms with Gasteiger partial charge in [-0.05, 0) is 56.3 Å². The van der Waals surface area contributed by atoms with Crippen molar-refractivity contribution in [3.8, 4) is 0 Å². The molecular weight excluding hydrogens is 264 g/mol. The molecule has 1 aromatic rings. The molecule has 0 spiro atoms. The molecule has 3 rings (SSSR count). The van der Waals surface area contributed by atoms with Gasteiger partial charge in [-0.1, -0.05) is 0 Å². The van der Waals surface area contributed by atoms with E-state index < -0.39 is 0 Å². The molecule has 2 aliphatic rings. The summed E-state index contributed by atoms with van der Waals surface area (Å²) < 4.78 is 5.04. The molecule has 2 aliphatic heterocycles. The second-order valence-corrected chi connectivity index (χ2v) is 5.72. The number of carbonyl (C=O) groups is 1. The first kappa shape index (κ1) is 13.0. The second kappa shape index (κ2) is 5.55. The van der Waals surface area contributed by atoms with E-state index >= 15 is 0 Å². The van der Waals surface area contributed by atoms with E-state index in [0.717, 1.165) is 32.4 Å². The first-order valence-electron chi connectivity index (χ1n) is 7.05. The number of hydrogen-bond acceptors (Lipinski definition) is 3. The van der Waals surface area contributed by atoms with Crippen molar-refractivity contribution in [2.24, 2.45) is 0 Å². The van der Waals surface area contributed by atoms with Gasteiger partial charge in [0.05, 0.1) is 11.8 Å². The summed E-state index contributed by atoms with van der Waals surface area (Å²) in [4.78, 5) is 14.6. The molecule has 1 aromatic heterocycles. The quantitative estimate of drug-likeness (QED) is 0.907. The smallest absolute Gasteiger partial charge is 0.259 e. The third kappa shape index (κ3) is 2.51. The van der Waals surface area contributed by atoms with Crippen LogP contribution in [0.25, 0.3) is 0 Å². The Kier molecular flexibility index (Phi) is 3.80. The van der Waals surface area contributed by atoms with Crippen LogP contribution in [-0.2, 0) is 0 Å². The van der Waals surface area contributed by atoms with E-state index in [2.05, 4.69) is 5.32 Å². The van der Waals surface area contributed by atoms with Gasteiger partial charge in [0.25, 0.3) is 5.91 Å². The summed E-state index contributed by atoms with van der Waals surface area (Å²) in [5.74, 6) is 0.0113. The molecule has 19 heavy (non-hydrogen) atoms. The third-order valence-electron chi connectivity index (χ3n) is 4.22. The number of nitrogens with zero attached hydrogens (tertiary/aromatic N) is 1. The monoisotopic (exact) mass is 282 g/mol. The molecule has 1 amide bonds. The molecule has 2 atom stereocenters. The average Bonchev–Trinajstić information content (AvgIpc) is 3.09. The molecule has 0 aromatic carbocycles. The van der Waals surface area contributed by atoms with Crippen LogP contribution in [0.3, 0.4) is 0 Å². The maximum absolute atomic E-state index is 12.6. The highest BCUT2D eigenvalue weighted by Gasteiger charge is 2.35. The fourth-order valence-corrected chi connectivity index (χ4v) is 3.46. The highest BCUT2D eigenvalue weighted by molar-refractivity contribution is 6.32. The van der Waals surface area contributed by atoms with Crippen molar-refractivity contribution >= 4 is 17.5 Å². The van der Waals surface area contributed by atoms with E-state index in [1.165, 1.54) is 19.1 Å². The fraction of sp³-hybridized carbons (Fsp3) is 0.643. The van der Waals surface area contributed by atoms with Crippen LogP contribution in [0.4, 0.5) is 0 Å². The number of rotatable bonds is 2. The summed E-state index contributed by atoms with van der Waals surface area (Å²) in [6, 6.07) is 2.41. The van der Waals surface area contributed by atoms with Crippen LogP contribution in [0.2, 0.25) is 5.22 Å². The Balaban J connectivity index is 1.80. The highest BCUT2D eigenvalue weighted by atomic mass is 35.5. The Hall–Kier alpha value is -1.00. The predicted molar refractivity (Wildman–Crippen MR) is 73.4 cm³/mol. The Morgan fingerprint density at radius 1 is 1.37 bits per heavy atom. The minimum absolute atomic E-state index is 0.0113. The number of carbonyl (C=O) groups excluding carboxylic acids is 1. The van der Waals surface area contributed by atoms with Crippen molar-refractivity contribution < 1.29 is 9.21 Å². The van der Waals surface area contributed by atoms with Crippen molar-refractivity contribution in [1.29, 1.82) is 0 Å². The van der Waals surface area contributed by atoms with Crippen LogP contribution >= 0.6 is 11.6 Å². The molecular formula is C14H19ClN2O2. The van der Waals surface area contributed by atoms with E-state index in [0.29, 0.717) is 17.6 Å². The number of halogens is 1. The highest BCUT2D eigenvalue weighted by Crippen LogP contribution is 2.27. The molecule has 1 N–H and O–H groups in total. The second-order valence-electron chi connectivity index (χ2n) is 5.37. The number of amides is 1. The van der Waals surface area contributed by atoms with Gasteiger partial charge in [0.1, 0.15) is 0 Å². The SMILES string of the molecule is O=C(c1ccoc1Cl)N1CCCCC1C1CCCN1. The maximum atomic E-state index is 12.6. The standard InChI is InChI=1S/C14H19ClN2O2/c15-13-10(6-9-19-13)14(18)17-8-2-1-5-12(17)11-4-3-7-16-11/h6,9,11-12,16H,1-5,7-8H2. The third-order valence-corrected chi connectivity index (χ3v) is 4.51. The lowest BCUT2D eigenvalue weighted by atomic mass is 9.94. The number of hydrogen-bond donors (Lipinski definition) is 1. The lowest BCUT2D eigenvalue weighted by Crippen LogP contribution is -2.52. The van der Waals surface area contributed by atoms with Crippen molar-refractivity contribution in [2.45, 2.75) is 44.2 Å². The largest absolute Gasteiger partial charge is 0.452 e. The minimum atomic E-state index is 0.0113. The van der Waals surface area contributed by atoms with Crippen LogP contribution in [0.15, 0.2) is 16.7 Å². The van der Waals surface area contributed by atoms with Crippen molar-refractivity contribution in [1.82, 2.24) is 10.2 Å². The Morgan fingerprint density at radius 3 is 2.95 bits per heavy atom. The van der Waals surface area contributed by atoms with Crippen LogP contribution in [-0.4, -0.2) is 36.0 Å². The van der Waals surface area contributed by atoms with Crippen molar-refractivity contribution in [3.05, 3.63) is 23.1 Å². The average molecular weight is 283 g/mol. The normalized spacial score (nSPS) is 27.7. The molecule has 0 saturated carbocycles. The summed E-state index contributed by atoms with van der Waals surface area (Å²) in [5.41, 5.74) is 0.492. The zero-order valence-electron chi connectivity index (χ0n) is 10.9. The number of likely N-dealkylation sites (tertiary alicyclic amines) is 1. The predicted octanol–water partition coefficient (Wildman–Crippen LogP) is 2.68. The minimum Gasteiger partial charge on any atom is -0.452 e. The van der Waals surface area contributed by atoms with Crippen molar-refractivity contribution in [2.75, 3.05) is 13.1 Å². The summed E-state index contributed by atoms with van der Waals surface area (Å²) >= 11 is 5.93. The Labute approximate surface area is 118 Å². The van der Waals surface area contributed by atoms with Crippen LogP contribution in [0, 0.1) is 0 Å². The van der Waals surface area contributed by atoms with E-state index in [-0.39, 0.29) is 11.1 Å². The molecule has 2 saturated heterocycles. The van der Waals surface area contributed by atoms with E-state index in [1.807, 2.05) is 4.90 Å². The molecule has 5 heteroatoms. The summed E-state index contributed by atoms with van der Waals surface area (Å²) in [5, 5.41) is 3.72.